The summed E-state index contributed by atoms with van der Waals surface area (Å²) in [6.45, 7) is 3.69. The number of fused-ring (bicyclic) bond motifs is 1. The summed E-state index contributed by atoms with van der Waals surface area (Å²) in [5.74, 6) is 1.22. The third-order valence-electron chi connectivity index (χ3n) is 4.82. The van der Waals surface area contributed by atoms with E-state index in [4.69, 9.17) is 0 Å². The van der Waals surface area contributed by atoms with E-state index in [1.54, 1.807) is 16.7 Å². The summed E-state index contributed by atoms with van der Waals surface area (Å²) in [5.41, 5.74) is 2.67. The molecule has 9 heteroatoms. The van der Waals surface area contributed by atoms with Crippen molar-refractivity contribution >= 4 is 27.8 Å². The van der Waals surface area contributed by atoms with Gasteiger partial charge in [0.2, 0.25) is 5.82 Å². The molecular weight excluding hydrogens is 378 g/mol. The van der Waals surface area contributed by atoms with Crippen LogP contribution in [0.2, 0.25) is 0 Å². The van der Waals surface area contributed by atoms with Gasteiger partial charge in [0.1, 0.15) is 5.82 Å². The number of pyridine rings is 2. The van der Waals surface area contributed by atoms with E-state index in [-0.39, 0.29) is 5.91 Å². The molecule has 0 atom stereocenters. The molecule has 0 unspecified atom stereocenters. The second-order valence-electron chi connectivity index (χ2n) is 7.00. The van der Waals surface area contributed by atoms with Gasteiger partial charge in [-0.3, -0.25) is 23.2 Å². The molecule has 3 aromatic heterocycles. The lowest BCUT2D eigenvalue weighted by atomic mass is 10.3. The van der Waals surface area contributed by atoms with Gasteiger partial charge in [-0.1, -0.05) is 12.1 Å². The zero-order valence-electron chi connectivity index (χ0n) is 15.6. The van der Waals surface area contributed by atoms with Gasteiger partial charge in [-0.15, -0.1) is 0 Å². The van der Waals surface area contributed by atoms with Crippen LogP contribution in [-0.4, -0.2) is 58.9 Å². The van der Waals surface area contributed by atoms with Crippen molar-refractivity contribution in [2.45, 2.75) is 13.5 Å². The molecule has 1 amide bonds. The standard InChI is InChI=1S/C19H23N5O3S/c1-14-5-6-17(20-12-14)22-19(25)18-21-15(16-4-2-3-7-24(16)18)13-23-8-10-28(26,27)11-9-23/h2-7,12,26-27H,8-11,13H2,1H3,(H,20,22,25). The average molecular weight is 401 g/mol. The number of aryl methyl sites for hydroxylation is 1. The minimum Gasteiger partial charge on any atom is -0.304 e. The number of carbonyl (C=O) groups excluding carboxylic acids is 1. The van der Waals surface area contributed by atoms with Gasteiger partial charge in [-0.2, -0.15) is 10.6 Å². The first-order chi connectivity index (χ1) is 13.4. The third kappa shape index (κ3) is 4.02. The number of aromatic nitrogens is 3. The van der Waals surface area contributed by atoms with Crippen molar-refractivity contribution in [2.24, 2.45) is 0 Å². The van der Waals surface area contributed by atoms with Crippen molar-refractivity contribution in [1.29, 1.82) is 0 Å². The number of rotatable bonds is 4. The van der Waals surface area contributed by atoms with E-state index < -0.39 is 10.6 Å². The maximum Gasteiger partial charge on any atom is 0.293 e. The molecule has 1 aliphatic heterocycles. The van der Waals surface area contributed by atoms with Crippen LogP contribution < -0.4 is 5.32 Å². The molecule has 0 aromatic carbocycles. The van der Waals surface area contributed by atoms with Crippen LogP contribution in [-0.2, 0) is 6.54 Å². The molecule has 0 radical (unpaired) electrons. The second-order valence-corrected chi connectivity index (χ2v) is 9.42. The Labute approximate surface area is 164 Å². The number of nitrogens with zero attached hydrogens (tertiary/aromatic N) is 4. The molecule has 1 aliphatic rings. The Morgan fingerprint density at radius 2 is 2.00 bits per heavy atom. The lowest BCUT2D eigenvalue weighted by Crippen LogP contribution is -2.37. The van der Waals surface area contributed by atoms with Crippen molar-refractivity contribution in [3.63, 3.8) is 0 Å². The van der Waals surface area contributed by atoms with Gasteiger partial charge >= 0.3 is 0 Å². The Balaban J connectivity index is 1.57. The first kappa shape index (κ1) is 18.9. The quantitative estimate of drug-likeness (QED) is 0.621. The van der Waals surface area contributed by atoms with E-state index in [0.29, 0.717) is 42.8 Å². The predicted molar refractivity (Wildman–Crippen MR) is 110 cm³/mol. The van der Waals surface area contributed by atoms with Gasteiger partial charge in [0.05, 0.1) is 22.7 Å². The largest absolute Gasteiger partial charge is 0.304 e. The fourth-order valence-corrected chi connectivity index (χ4v) is 4.53. The summed E-state index contributed by atoms with van der Waals surface area (Å²) in [4.78, 5) is 23.7. The molecule has 0 bridgehead atoms. The number of anilines is 1. The summed E-state index contributed by atoms with van der Waals surface area (Å²) in [6.07, 6.45) is 3.52. The maximum atomic E-state index is 12.8. The Kier molecular flexibility index (Phi) is 5.07. The molecule has 148 valence electrons. The first-order valence-electron chi connectivity index (χ1n) is 9.07. The van der Waals surface area contributed by atoms with E-state index in [1.807, 2.05) is 37.4 Å². The molecule has 28 heavy (non-hydrogen) atoms. The van der Waals surface area contributed by atoms with Gasteiger partial charge in [0.25, 0.3) is 5.91 Å². The van der Waals surface area contributed by atoms with Crippen LogP contribution in [0.4, 0.5) is 5.82 Å². The molecule has 1 fully saturated rings. The van der Waals surface area contributed by atoms with Crippen LogP contribution in [0.5, 0.6) is 0 Å². The normalized spacial score (nSPS) is 18.1. The lowest BCUT2D eigenvalue weighted by Gasteiger charge is -2.40. The third-order valence-corrected chi connectivity index (χ3v) is 6.50. The van der Waals surface area contributed by atoms with Crippen molar-refractivity contribution < 1.29 is 13.9 Å². The highest BCUT2D eigenvalue weighted by Crippen LogP contribution is 2.40. The Morgan fingerprint density at radius 1 is 1.21 bits per heavy atom. The van der Waals surface area contributed by atoms with Crippen LogP contribution in [0.15, 0.2) is 42.7 Å². The molecule has 8 nitrogen and oxygen atoms in total. The zero-order chi connectivity index (χ0) is 19.7. The summed E-state index contributed by atoms with van der Waals surface area (Å²) >= 11 is 0. The van der Waals surface area contributed by atoms with Crippen molar-refractivity contribution in [2.75, 3.05) is 29.9 Å². The van der Waals surface area contributed by atoms with Gasteiger partial charge in [-0.05, 0) is 30.7 Å². The number of hydrogen-bond acceptors (Lipinski definition) is 6. The van der Waals surface area contributed by atoms with Crippen molar-refractivity contribution in [3.8, 4) is 0 Å². The SMILES string of the molecule is Cc1ccc(NC(=O)c2nc(CN3CCS(O)(O)CC3)c3ccccn23)nc1. The number of carbonyl (C=O) groups is 1. The second kappa shape index (κ2) is 7.51. The molecule has 4 rings (SSSR count). The smallest absolute Gasteiger partial charge is 0.293 e. The van der Waals surface area contributed by atoms with Crippen LogP contribution in [0.3, 0.4) is 0 Å². The number of hydrogen-bond donors (Lipinski definition) is 3. The summed E-state index contributed by atoms with van der Waals surface area (Å²) in [7, 11) is -2.43. The summed E-state index contributed by atoms with van der Waals surface area (Å²) in [6, 6.07) is 9.35. The van der Waals surface area contributed by atoms with Crippen LogP contribution in [0.25, 0.3) is 5.52 Å². The molecule has 3 N–H and O–H groups in total. The van der Waals surface area contributed by atoms with Gasteiger partial charge in [0.15, 0.2) is 0 Å². The highest BCUT2D eigenvalue weighted by atomic mass is 32.3. The Morgan fingerprint density at radius 3 is 2.71 bits per heavy atom. The van der Waals surface area contributed by atoms with Crippen LogP contribution in [0, 0.1) is 6.92 Å². The van der Waals surface area contributed by atoms with E-state index in [1.165, 1.54) is 0 Å². The number of nitrogens with one attached hydrogen (secondary N) is 1. The van der Waals surface area contributed by atoms with Crippen LogP contribution in [0.1, 0.15) is 21.9 Å². The predicted octanol–water partition coefficient (Wildman–Crippen LogP) is 2.86. The Bertz CT molecular complexity index is 992. The monoisotopic (exact) mass is 401 g/mol. The molecule has 4 heterocycles. The maximum absolute atomic E-state index is 12.8. The molecule has 0 aliphatic carbocycles. The molecular formula is C19H23N5O3S. The minimum atomic E-state index is -2.43. The molecule has 0 spiro atoms. The molecule has 3 aromatic rings. The molecule has 1 saturated heterocycles. The van der Waals surface area contributed by atoms with Gasteiger partial charge in [-0.25, -0.2) is 9.97 Å². The molecule has 0 saturated carbocycles. The Hall–Kier alpha value is -2.46. The lowest BCUT2D eigenvalue weighted by molar-refractivity contribution is 0.101. The number of amides is 1. The van der Waals surface area contributed by atoms with E-state index in [0.717, 1.165) is 16.8 Å². The fraction of sp³-hybridized carbons (Fsp3) is 0.316. The summed E-state index contributed by atoms with van der Waals surface area (Å²) < 4.78 is 21.4. The average Bonchev–Trinajstić information content (AvgIpc) is 3.04. The van der Waals surface area contributed by atoms with E-state index >= 15 is 0 Å². The highest BCUT2D eigenvalue weighted by Gasteiger charge is 2.24. The van der Waals surface area contributed by atoms with E-state index in [2.05, 4.69) is 20.2 Å². The van der Waals surface area contributed by atoms with Gasteiger partial charge in [0, 0.05) is 32.0 Å². The first-order valence-corrected chi connectivity index (χ1v) is 11.0. The highest BCUT2D eigenvalue weighted by molar-refractivity contribution is 8.24. The van der Waals surface area contributed by atoms with Gasteiger partial charge < -0.3 is 5.32 Å². The minimum absolute atomic E-state index is 0.300. The topological polar surface area (TPSA) is 103 Å². The summed E-state index contributed by atoms with van der Waals surface area (Å²) in [5, 5.41) is 2.80. The van der Waals surface area contributed by atoms with Crippen LogP contribution >= 0.6 is 10.6 Å². The van der Waals surface area contributed by atoms with Crippen molar-refractivity contribution in [1.82, 2.24) is 19.3 Å². The zero-order valence-corrected chi connectivity index (χ0v) is 16.4. The fourth-order valence-electron chi connectivity index (χ4n) is 3.23. The number of imidazole rings is 1. The van der Waals surface area contributed by atoms with Crippen molar-refractivity contribution in [3.05, 3.63) is 59.8 Å². The van der Waals surface area contributed by atoms with E-state index in [9.17, 15) is 13.9 Å².